The maximum atomic E-state index is 11.3. The number of benzene rings is 1. The Bertz CT molecular complexity index is 825. The number of unbranched alkanes of at least 4 members (excludes halogenated alkanes) is 2. The normalized spacial score (nSPS) is 17.3. The molecule has 1 aliphatic rings. The van der Waals surface area contributed by atoms with Gasteiger partial charge in [0.15, 0.2) is 0 Å². The van der Waals surface area contributed by atoms with Crippen molar-refractivity contribution in [1.29, 1.82) is 5.26 Å². The monoisotopic (exact) mass is 494 g/mol. The first kappa shape index (κ1) is 28.6. The summed E-state index contributed by atoms with van der Waals surface area (Å²) in [7, 11) is -4.63. The molecule has 1 heterocycles. The zero-order valence-corrected chi connectivity index (χ0v) is 22.3. The molecule has 0 fully saturated rings. The first-order valence-corrected chi connectivity index (χ1v) is 14.7. The Balaban J connectivity index is 1.82. The average Bonchev–Trinajstić information content (AvgIpc) is 3.25. The van der Waals surface area contributed by atoms with E-state index in [2.05, 4.69) is 31.2 Å². The van der Waals surface area contributed by atoms with Crippen LogP contribution in [0.4, 0.5) is 0 Å². The Hall–Kier alpha value is -1.68. The average molecular weight is 495 g/mol. The number of aryl methyl sites for hydroxylation is 1. The molecule has 0 aromatic heterocycles. The first-order chi connectivity index (χ1) is 16.1. The number of nitriles is 1. The van der Waals surface area contributed by atoms with Crippen molar-refractivity contribution in [2.75, 3.05) is 12.8 Å². The molecule has 0 amide bonds. The molecule has 8 heteroatoms. The van der Waals surface area contributed by atoms with Gasteiger partial charge in [-0.3, -0.25) is 0 Å². The van der Waals surface area contributed by atoms with Crippen LogP contribution in [0, 0.1) is 11.3 Å². The van der Waals surface area contributed by atoms with Gasteiger partial charge in [-0.25, -0.2) is 0 Å². The van der Waals surface area contributed by atoms with Gasteiger partial charge in [0.1, 0.15) is 0 Å². The van der Waals surface area contributed by atoms with Crippen LogP contribution in [0.3, 0.4) is 0 Å². The van der Waals surface area contributed by atoms with Crippen LogP contribution in [0.25, 0.3) is 0 Å². The summed E-state index contributed by atoms with van der Waals surface area (Å²) in [5, 5.41) is 9.03. The summed E-state index contributed by atoms with van der Waals surface area (Å²) in [6.45, 7) is 10.0. The number of allylic oxidation sites excluding steroid dienone is 1. The van der Waals surface area contributed by atoms with Crippen molar-refractivity contribution in [3.8, 4) is 6.07 Å². The van der Waals surface area contributed by atoms with Gasteiger partial charge in [-0.15, -0.1) is 0 Å². The number of rotatable bonds is 15. The van der Waals surface area contributed by atoms with Gasteiger partial charge in [0.05, 0.1) is 0 Å². The Morgan fingerprint density at radius 3 is 2.32 bits per heavy atom. The van der Waals surface area contributed by atoms with E-state index in [-0.39, 0.29) is 31.3 Å². The number of hydrogen-bond donors (Lipinski definition) is 2. The van der Waals surface area contributed by atoms with Crippen molar-refractivity contribution in [3.63, 3.8) is 0 Å². The van der Waals surface area contributed by atoms with Crippen LogP contribution < -0.4 is 0 Å². The quantitative estimate of drug-likeness (QED) is 0.217. The molecule has 1 unspecified atom stereocenters. The van der Waals surface area contributed by atoms with E-state index in [4.69, 9.17) is 19.3 Å². The molecular formula is C26H43N2O5P. The molecule has 1 aliphatic heterocycles. The summed E-state index contributed by atoms with van der Waals surface area (Å²) in [6.07, 6.45) is 6.72. The summed E-state index contributed by atoms with van der Waals surface area (Å²) in [4.78, 5) is 22.7. The maximum absolute atomic E-state index is 11.3. The zero-order valence-electron chi connectivity index (χ0n) is 21.4. The van der Waals surface area contributed by atoms with Crippen LogP contribution in [0.15, 0.2) is 36.3 Å². The SMILES string of the molecule is CCCCc1ccc(C2OC=C(CCCCOP(O)(O)(CCC#N)N(C(C)C)C(C)C)O2)cc1. The Morgan fingerprint density at radius 1 is 1.06 bits per heavy atom. The Labute approximate surface area is 205 Å². The first-order valence-electron chi connectivity index (χ1n) is 12.5. The minimum atomic E-state index is -4.63. The summed E-state index contributed by atoms with van der Waals surface area (Å²) < 4.78 is 19.1. The third-order valence-electron chi connectivity index (χ3n) is 5.96. The summed E-state index contributed by atoms with van der Waals surface area (Å²) in [5.74, 6) is 0.779. The van der Waals surface area contributed by atoms with Gasteiger partial charge >= 0.3 is 179 Å². The second-order valence-corrected chi connectivity index (χ2v) is 12.9. The van der Waals surface area contributed by atoms with Crippen LogP contribution in [-0.2, 0) is 20.4 Å². The third-order valence-corrected chi connectivity index (χ3v) is 9.53. The zero-order chi connectivity index (χ0) is 25.2. The van der Waals surface area contributed by atoms with Gasteiger partial charge in [0.2, 0.25) is 0 Å². The van der Waals surface area contributed by atoms with Crippen molar-refractivity contribution in [2.45, 2.75) is 97.9 Å². The molecular weight excluding hydrogens is 451 g/mol. The van der Waals surface area contributed by atoms with E-state index in [1.54, 1.807) is 10.9 Å². The second-order valence-electron chi connectivity index (χ2n) is 9.57. The number of nitrogens with zero attached hydrogens (tertiary/aromatic N) is 2. The van der Waals surface area contributed by atoms with Crippen LogP contribution in [0.5, 0.6) is 0 Å². The van der Waals surface area contributed by atoms with E-state index in [0.717, 1.165) is 24.2 Å². The molecule has 0 bridgehead atoms. The van der Waals surface area contributed by atoms with Gasteiger partial charge in [-0.2, -0.15) is 0 Å². The molecule has 2 N–H and O–H groups in total. The van der Waals surface area contributed by atoms with Crippen molar-refractivity contribution in [1.82, 2.24) is 4.67 Å². The standard InChI is InChI=1S/C26H43N2O5P/c1-6-7-11-23-13-15-24(16-14-23)26-31-20-25(33-26)12-8-9-18-32-34(29,30,19-10-17-27)28(21(2)3)22(4)5/h13-16,20-22,26,29-30H,6-12,18-19H2,1-5H3. The molecule has 0 saturated carbocycles. The van der Waals surface area contributed by atoms with Crippen molar-refractivity contribution in [3.05, 3.63) is 47.4 Å². The molecule has 34 heavy (non-hydrogen) atoms. The van der Waals surface area contributed by atoms with Crippen LogP contribution >= 0.6 is 7.43 Å². The molecule has 2 rings (SSSR count). The fourth-order valence-electron chi connectivity index (χ4n) is 4.49. The number of ether oxygens (including phenoxy) is 2. The summed E-state index contributed by atoms with van der Waals surface area (Å²) in [6, 6.07) is 10.1. The molecule has 0 spiro atoms. The van der Waals surface area contributed by atoms with Crippen molar-refractivity contribution in [2.24, 2.45) is 0 Å². The molecule has 0 saturated heterocycles. The van der Waals surface area contributed by atoms with E-state index in [0.29, 0.717) is 12.8 Å². The Kier molecular flexibility index (Phi) is 10.8. The fourth-order valence-corrected chi connectivity index (χ4v) is 7.83. The molecule has 7 nitrogen and oxygen atoms in total. The van der Waals surface area contributed by atoms with Gasteiger partial charge < -0.3 is 0 Å². The molecule has 0 aliphatic carbocycles. The van der Waals surface area contributed by atoms with Crippen LogP contribution in [0.1, 0.15) is 90.6 Å². The summed E-state index contributed by atoms with van der Waals surface area (Å²) in [5.41, 5.74) is 2.32. The molecule has 192 valence electrons. The fraction of sp³-hybridized carbons (Fsp3) is 0.654. The molecule has 1 atom stereocenters. The van der Waals surface area contributed by atoms with Gasteiger partial charge in [0.25, 0.3) is 0 Å². The van der Waals surface area contributed by atoms with E-state index in [1.165, 1.54) is 18.4 Å². The summed E-state index contributed by atoms with van der Waals surface area (Å²) >= 11 is 0. The molecule has 0 radical (unpaired) electrons. The molecule has 1 aromatic carbocycles. The van der Waals surface area contributed by atoms with Crippen molar-refractivity contribution >= 4 is 7.43 Å². The Morgan fingerprint density at radius 2 is 1.74 bits per heavy atom. The topological polar surface area (TPSA) is 95.2 Å². The van der Waals surface area contributed by atoms with Crippen molar-refractivity contribution < 1.29 is 23.8 Å². The van der Waals surface area contributed by atoms with E-state index < -0.39 is 13.7 Å². The number of hydrogen-bond acceptors (Lipinski definition) is 7. The van der Waals surface area contributed by atoms with Gasteiger partial charge in [-0.1, -0.05) is 13.3 Å². The van der Waals surface area contributed by atoms with E-state index >= 15 is 0 Å². The predicted molar refractivity (Wildman–Crippen MR) is 136 cm³/mol. The molecule has 1 aromatic rings. The van der Waals surface area contributed by atoms with Gasteiger partial charge in [0, 0.05) is 0 Å². The minimum absolute atomic E-state index is 0.0276. The predicted octanol–water partition coefficient (Wildman–Crippen LogP) is 6.33. The van der Waals surface area contributed by atoms with E-state index in [9.17, 15) is 9.79 Å². The van der Waals surface area contributed by atoms with E-state index in [1.807, 2.05) is 33.8 Å². The van der Waals surface area contributed by atoms with Crippen LogP contribution in [0.2, 0.25) is 0 Å². The second kappa shape index (κ2) is 12.9. The third kappa shape index (κ3) is 7.93. The van der Waals surface area contributed by atoms with Gasteiger partial charge in [-0.05, 0) is 12.8 Å². The van der Waals surface area contributed by atoms with Crippen LogP contribution in [-0.4, -0.2) is 39.3 Å².